The predicted molar refractivity (Wildman–Crippen MR) is 191 cm³/mol. The van der Waals surface area contributed by atoms with Gasteiger partial charge in [0.1, 0.15) is 0 Å². The van der Waals surface area contributed by atoms with Crippen LogP contribution in [0.1, 0.15) is 61.5 Å². The molecule has 0 bridgehead atoms. The molecule has 0 aliphatic rings. The quantitative estimate of drug-likeness (QED) is 0.0580. The molecule has 266 valence electrons. The summed E-state index contributed by atoms with van der Waals surface area (Å²) in [5.74, 6) is -5.19. The molecule has 4 aromatic rings. The number of benzene rings is 4. The first-order valence-corrected chi connectivity index (χ1v) is 19.0. The van der Waals surface area contributed by atoms with Crippen LogP contribution in [-0.4, -0.2) is 43.1 Å². The summed E-state index contributed by atoms with van der Waals surface area (Å²) < 4.78 is 37.3. The molecule has 0 radical (unpaired) electrons. The number of anilines is 2. The molecule has 0 saturated heterocycles. The van der Waals surface area contributed by atoms with E-state index < -0.39 is 49.9 Å². The molecule has 0 heterocycles. The Morgan fingerprint density at radius 1 is 0.580 bits per heavy atom. The third-order valence-corrected chi connectivity index (χ3v) is 11.4. The van der Waals surface area contributed by atoms with E-state index in [0.29, 0.717) is 35.3 Å². The summed E-state index contributed by atoms with van der Waals surface area (Å²) in [6, 6.07) is 31.6. The second kappa shape index (κ2) is 15.7. The van der Waals surface area contributed by atoms with Crippen LogP contribution in [0.15, 0.2) is 109 Å². The van der Waals surface area contributed by atoms with Crippen molar-refractivity contribution in [2.24, 2.45) is 0 Å². The van der Waals surface area contributed by atoms with Crippen molar-refractivity contribution in [3.63, 3.8) is 0 Å². The maximum absolute atomic E-state index is 13.4. The monoisotopic (exact) mass is 724 g/mol. The van der Waals surface area contributed by atoms with Crippen LogP contribution in [-0.2, 0) is 40.6 Å². The molecule has 6 N–H and O–H groups in total. The van der Waals surface area contributed by atoms with Gasteiger partial charge in [-0.2, -0.15) is 0 Å². The van der Waals surface area contributed by atoms with Crippen molar-refractivity contribution in [1.29, 1.82) is 0 Å². The van der Waals surface area contributed by atoms with Gasteiger partial charge in [0.05, 0.1) is 0 Å². The zero-order chi connectivity index (χ0) is 36.7. The molecule has 4 aromatic carbocycles. The van der Waals surface area contributed by atoms with E-state index in [1.165, 1.54) is 27.7 Å². The molecular formula is C36H42N2O10P2. The zero-order valence-electron chi connectivity index (χ0n) is 28.1. The van der Waals surface area contributed by atoms with Crippen LogP contribution in [0.4, 0.5) is 11.4 Å². The highest BCUT2D eigenvalue weighted by molar-refractivity contribution is 7.53. The summed E-state index contributed by atoms with van der Waals surface area (Å²) in [5, 5.41) is 25.0. The van der Waals surface area contributed by atoms with Crippen molar-refractivity contribution in [2.75, 3.05) is 10.6 Å². The summed E-state index contributed by atoms with van der Waals surface area (Å²) in [4.78, 5) is 45.0. The Morgan fingerprint density at radius 3 is 1.16 bits per heavy atom. The SMILES string of the molecule is CC(C)(OP(=O)(O)C(Nc1ccc(CCc2ccc(NC(c3ccccc3)P(=O)(O)OC(C)(C)C(=O)O)cc2)cc1)c1ccccc1)C(=O)O. The van der Waals surface area contributed by atoms with E-state index >= 15 is 0 Å². The third-order valence-electron chi connectivity index (χ3n) is 7.85. The Morgan fingerprint density at radius 2 is 0.880 bits per heavy atom. The van der Waals surface area contributed by atoms with Gasteiger partial charge in [-0.3, -0.25) is 18.2 Å². The van der Waals surface area contributed by atoms with E-state index in [1.807, 2.05) is 24.3 Å². The Labute approximate surface area is 291 Å². The number of hydrogen-bond acceptors (Lipinski definition) is 8. The molecule has 0 aromatic heterocycles. The normalized spacial score (nSPS) is 15.6. The summed E-state index contributed by atoms with van der Waals surface area (Å²) in [6.45, 7) is 4.87. The first-order chi connectivity index (χ1) is 23.4. The predicted octanol–water partition coefficient (Wildman–Crippen LogP) is 7.82. The standard InChI is InChI=1S/C36H42N2O10P2/c1-35(2,33(39)40)47-49(43,44)31(27-11-7-5-8-12-27)37-29-21-17-25(18-22-29)15-16-26-19-23-30(24-20-26)38-32(28-13-9-6-10-14-28)50(45,46)48-36(3,4)34(41)42/h5-14,17-24,31-32,37-38H,15-16H2,1-4H3,(H,39,40)(H,41,42)(H,43,44)(H,45,46). The second-order valence-electron chi connectivity index (χ2n) is 12.8. The van der Waals surface area contributed by atoms with Crippen LogP contribution in [0.5, 0.6) is 0 Å². The van der Waals surface area contributed by atoms with Crippen LogP contribution in [0.3, 0.4) is 0 Å². The van der Waals surface area contributed by atoms with Gasteiger partial charge in [0.2, 0.25) is 0 Å². The van der Waals surface area contributed by atoms with Gasteiger partial charge in [0, 0.05) is 11.4 Å². The zero-order valence-corrected chi connectivity index (χ0v) is 29.9. The van der Waals surface area contributed by atoms with Crippen LogP contribution < -0.4 is 10.6 Å². The van der Waals surface area contributed by atoms with Gasteiger partial charge < -0.3 is 30.6 Å². The molecule has 0 aliphatic heterocycles. The summed E-state index contributed by atoms with van der Waals surface area (Å²) in [5.41, 5.74) is 0.179. The highest BCUT2D eigenvalue weighted by atomic mass is 31.2. The van der Waals surface area contributed by atoms with Gasteiger partial charge in [0.25, 0.3) is 0 Å². The Bertz CT molecular complexity index is 1710. The topological polar surface area (TPSA) is 192 Å². The van der Waals surface area contributed by atoms with Gasteiger partial charge in [-0.1, -0.05) is 84.9 Å². The first-order valence-electron chi connectivity index (χ1n) is 15.7. The number of aliphatic carboxylic acids is 2. The molecule has 50 heavy (non-hydrogen) atoms. The fraction of sp³-hybridized carbons (Fsp3) is 0.278. The van der Waals surface area contributed by atoms with Crippen molar-refractivity contribution < 1.29 is 47.8 Å². The van der Waals surface area contributed by atoms with Gasteiger partial charge in [-0.15, -0.1) is 0 Å². The van der Waals surface area contributed by atoms with E-state index in [0.717, 1.165) is 11.1 Å². The molecule has 0 fully saturated rings. The van der Waals surface area contributed by atoms with Crippen molar-refractivity contribution in [2.45, 2.75) is 63.3 Å². The van der Waals surface area contributed by atoms with Gasteiger partial charge in [-0.25, -0.2) is 9.59 Å². The molecule has 0 amide bonds. The Balaban J connectivity index is 1.43. The van der Waals surface area contributed by atoms with E-state index in [2.05, 4.69) is 10.6 Å². The van der Waals surface area contributed by atoms with Crippen LogP contribution in [0.25, 0.3) is 0 Å². The minimum absolute atomic E-state index is 0.454. The van der Waals surface area contributed by atoms with Crippen molar-refractivity contribution in [3.05, 3.63) is 131 Å². The smallest absolute Gasteiger partial charge is 0.355 e. The van der Waals surface area contributed by atoms with Gasteiger partial charge in [0.15, 0.2) is 22.8 Å². The van der Waals surface area contributed by atoms with Crippen LogP contribution in [0, 0.1) is 0 Å². The highest BCUT2D eigenvalue weighted by Gasteiger charge is 2.44. The lowest BCUT2D eigenvalue weighted by molar-refractivity contribution is -0.153. The minimum atomic E-state index is -4.54. The second-order valence-corrected chi connectivity index (χ2v) is 16.4. The summed E-state index contributed by atoms with van der Waals surface area (Å²) >= 11 is 0. The number of hydrogen-bond donors (Lipinski definition) is 6. The highest BCUT2D eigenvalue weighted by Crippen LogP contribution is 2.59. The first kappa shape index (κ1) is 38.5. The average molecular weight is 725 g/mol. The van der Waals surface area contributed by atoms with Crippen molar-refractivity contribution >= 4 is 38.5 Å². The molecule has 4 atom stereocenters. The minimum Gasteiger partial charge on any atom is -0.479 e. The lowest BCUT2D eigenvalue weighted by Gasteiger charge is -2.30. The maximum Gasteiger partial charge on any atom is 0.355 e. The largest absolute Gasteiger partial charge is 0.479 e. The average Bonchev–Trinajstić information content (AvgIpc) is 3.05. The number of carbonyl (C=O) groups is 2. The summed E-state index contributed by atoms with van der Waals surface area (Å²) in [6.07, 6.45) is 1.33. The van der Waals surface area contributed by atoms with Crippen LogP contribution >= 0.6 is 15.2 Å². The molecule has 4 rings (SSSR count). The number of carboxylic acid groups (broad SMARTS) is 2. The lowest BCUT2D eigenvalue weighted by atomic mass is 10.0. The molecular weight excluding hydrogens is 682 g/mol. The number of carboxylic acids is 2. The van der Waals surface area contributed by atoms with E-state index in [-0.39, 0.29) is 0 Å². The lowest BCUT2D eigenvalue weighted by Crippen LogP contribution is -2.34. The molecule has 14 heteroatoms. The van der Waals surface area contributed by atoms with Gasteiger partial charge in [-0.05, 0) is 87.1 Å². The van der Waals surface area contributed by atoms with E-state index in [1.54, 1.807) is 84.9 Å². The fourth-order valence-electron chi connectivity index (χ4n) is 4.95. The third kappa shape index (κ3) is 10.1. The van der Waals surface area contributed by atoms with E-state index in [9.17, 15) is 38.7 Å². The molecule has 12 nitrogen and oxygen atoms in total. The number of aryl methyl sites for hydroxylation is 2. The van der Waals surface area contributed by atoms with Crippen LogP contribution in [0.2, 0.25) is 0 Å². The molecule has 0 spiro atoms. The van der Waals surface area contributed by atoms with E-state index in [4.69, 9.17) is 9.05 Å². The summed E-state index contributed by atoms with van der Waals surface area (Å²) in [7, 11) is -9.08. The molecule has 0 saturated carbocycles. The number of nitrogens with one attached hydrogen (secondary N) is 2. The molecule has 4 unspecified atom stereocenters. The number of rotatable bonds is 17. The maximum atomic E-state index is 13.4. The fourth-order valence-corrected chi connectivity index (χ4v) is 8.35. The Kier molecular flexibility index (Phi) is 12.1. The molecule has 0 aliphatic carbocycles. The Hall–Kier alpha value is -4.28. The van der Waals surface area contributed by atoms with Crippen molar-refractivity contribution in [3.8, 4) is 0 Å². The van der Waals surface area contributed by atoms with Gasteiger partial charge >= 0.3 is 27.1 Å². The van der Waals surface area contributed by atoms with Crippen molar-refractivity contribution in [1.82, 2.24) is 0 Å².